The molecule has 0 spiro atoms. The Hall–Kier alpha value is -3.63. The summed E-state index contributed by atoms with van der Waals surface area (Å²) in [5.41, 5.74) is 3.73. The number of carbonyl (C=O) groups is 1. The van der Waals surface area contributed by atoms with Gasteiger partial charge in [-0.1, -0.05) is 0 Å². The molecule has 35 heavy (non-hydrogen) atoms. The fourth-order valence-corrected chi connectivity index (χ4v) is 4.00. The molecule has 2 aliphatic rings. The van der Waals surface area contributed by atoms with E-state index in [1.807, 2.05) is 6.07 Å². The normalized spacial score (nSPS) is 15.8. The number of hydrogen-bond acceptors (Lipinski definition) is 11. The van der Waals surface area contributed by atoms with E-state index in [1.165, 1.54) is 0 Å². The van der Waals surface area contributed by atoms with Crippen molar-refractivity contribution in [1.82, 2.24) is 15.0 Å². The van der Waals surface area contributed by atoms with Gasteiger partial charge in [-0.25, -0.2) is 10.2 Å². The number of nitrogens with one attached hydrogen (secondary N) is 1. The molecular formula is C24H33N7O4. The average molecular weight is 484 g/mol. The Labute approximate surface area is 205 Å². The molecule has 1 N–H and O–H groups in total. The maximum absolute atomic E-state index is 11.7. The molecular weight excluding hydrogens is 450 g/mol. The molecule has 2 aliphatic heterocycles. The number of nitrogens with zero attached hydrogens (tertiary/aromatic N) is 6. The van der Waals surface area contributed by atoms with Crippen molar-refractivity contribution in [2.45, 2.75) is 45.6 Å². The maximum atomic E-state index is 11.7. The monoisotopic (exact) mass is 483 g/mol. The lowest BCUT2D eigenvalue weighted by molar-refractivity contribution is -0.149. The fraction of sp³-hybridized carbons (Fsp3) is 0.542. The van der Waals surface area contributed by atoms with E-state index in [0.29, 0.717) is 29.3 Å². The van der Waals surface area contributed by atoms with E-state index in [2.05, 4.69) is 30.3 Å². The summed E-state index contributed by atoms with van der Waals surface area (Å²) in [6, 6.07) is 5.31. The van der Waals surface area contributed by atoms with Gasteiger partial charge in [0.05, 0.1) is 19.4 Å². The minimum Gasteiger partial charge on any atom is -0.493 e. The third-order valence-corrected chi connectivity index (χ3v) is 5.67. The number of esters is 1. The highest BCUT2D eigenvalue weighted by molar-refractivity contribution is 5.81. The molecule has 1 aromatic heterocycles. The molecule has 3 heterocycles. The van der Waals surface area contributed by atoms with Crippen molar-refractivity contribution in [3.63, 3.8) is 0 Å². The van der Waals surface area contributed by atoms with Gasteiger partial charge in [0, 0.05) is 26.2 Å². The predicted molar refractivity (Wildman–Crippen MR) is 134 cm³/mol. The smallest absolute Gasteiger partial charge is 0.344 e. The van der Waals surface area contributed by atoms with Crippen molar-refractivity contribution in [3.8, 4) is 11.5 Å². The number of anilines is 3. The fourth-order valence-electron chi connectivity index (χ4n) is 4.00. The first-order valence-corrected chi connectivity index (χ1v) is 12.1. The first-order valence-electron chi connectivity index (χ1n) is 12.1. The molecule has 4 rings (SSSR count). The minimum atomic E-state index is -0.434. The summed E-state index contributed by atoms with van der Waals surface area (Å²) in [6.07, 6.45) is 6.03. The largest absolute Gasteiger partial charge is 0.493 e. The Balaban J connectivity index is 1.43. The van der Waals surface area contributed by atoms with Gasteiger partial charge in [-0.05, 0) is 63.3 Å². The van der Waals surface area contributed by atoms with Crippen molar-refractivity contribution >= 4 is 30.0 Å². The van der Waals surface area contributed by atoms with Crippen molar-refractivity contribution in [1.29, 1.82) is 0 Å². The lowest BCUT2D eigenvalue weighted by Gasteiger charge is -2.20. The summed E-state index contributed by atoms with van der Waals surface area (Å²) < 4.78 is 16.0. The number of rotatable bonds is 10. The van der Waals surface area contributed by atoms with Gasteiger partial charge in [-0.2, -0.15) is 20.1 Å². The van der Waals surface area contributed by atoms with E-state index >= 15 is 0 Å². The number of aromatic nitrogens is 3. The highest BCUT2D eigenvalue weighted by Crippen LogP contribution is 2.28. The van der Waals surface area contributed by atoms with Gasteiger partial charge >= 0.3 is 5.97 Å². The van der Waals surface area contributed by atoms with Crippen LogP contribution in [0.4, 0.5) is 17.8 Å². The quantitative estimate of drug-likeness (QED) is 0.307. The molecule has 1 aromatic carbocycles. The summed E-state index contributed by atoms with van der Waals surface area (Å²) >= 11 is 0. The third kappa shape index (κ3) is 6.71. The second-order valence-corrected chi connectivity index (χ2v) is 8.75. The number of ether oxygens (including phenoxy) is 3. The van der Waals surface area contributed by atoms with Gasteiger partial charge in [0.2, 0.25) is 17.8 Å². The van der Waals surface area contributed by atoms with Crippen molar-refractivity contribution in [3.05, 3.63) is 23.8 Å². The van der Waals surface area contributed by atoms with Crippen molar-refractivity contribution in [2.75, 3.05) is 55.1 Å². The molecule has 11 nitrogen and oxygen atoms in total. The zero-order valence-electron chi connectivity index (χ0n) is 20.6. The van der Waals surface area contributed by atoms with Gasteiger partial charge in [0.1, 0.15) is 0 Å². The molecule has 188 valence electrons. The van der Waals surface area contributed by atoms with E-state index in [4.69, 9.17) is 19.2 Å². The first-order chi connectivity index (χ1) is 17.0. The summed E-state index contributed by atoms with van der Waals surface area (Å²) in [5, 5.41) is 4.32. The SMILES string of the molecule is COc1cc(/C=N/Nc2nc(N3CCCC3)nc(N3CCCC3)n2)ccc1OCC(=O)OC(C)C. The van der Waals surface area contributed by atoms with Crippen LogP contribution in [0.15, 0.2) is 23.3 Å². The van der Waals surface area contributed by atoms with Crippen LogP contribution in [0.1, 0.15) is 45.1 Å². The second-order valence-electron chi connectivity index (χ2n) is 8.75. The molecule has 0 saturated carbocycles. The molecule has 0 bridgehead atoms. The Kier molecular flexibility index (Phi) is 8.17. The van der Waals surface area contributed by atoms with Crippen LogP contribution in [0.5, 0.6) is 11.5 Å². The van der Waals surface area contributed by atoms with Crippen LogP contribution in [0, 0.1) is 0 Å². The molecule has 2 aromatic rings. The lowest BCUT2D eigenvalue weighted by Crippen LogP contribution is -2.25. The standard InChI is InChI=1S/C24H33N7O4/c1-17(2)35-21(32)16-34-19-9-8-18(14-20(19)33-3)15-25-29-22-26-23(30-10-4-5-11-30)28-24(27-22)31-12-6-7-13-31/h8-9,14-15,17H,4-7,10-13,16H2,1-3H3,(H,26,27,28,29)/b25-15+. The van der Waals surface area contributed by atoms with Crippen LogP contribution >= 0.6 is 0 Å². The van der Waals surface area contributed by atoms with Crippen LogP contribution in [0.2, 0.25) is 0 Å². The number of benzene rings is 1. The molecule has 0 amide bonds. The highest BCUT2D eigenvalue weighted by atomic mass is 16.6. The zero-order valence-corrected chi connectivity index (χ0v) is 20.6. The van der Waals surface area contributed by atoms with E-state index in [1.54, 1.807) is 39.3 Å². The number of methoxy groups -OCH3 is 1. The summed E-state index contributed by atoms with van der Waals surface area (Å²) in [4.78, 5) is 30.0. The highest BCUT2D eigenvalue weighted by Gasteiger charge is 2.21. The summed E-state index contributed by atoms with van der Waals surface area (Å²) in [7, 11) is 1.54. The molecule has 0 aliphatic carbocycles. The van der Waals surface area contributed by atoms with E-state index in [0.717, 1.165) is 57.4 Å². The molecule has 11 heteroatoms. The number of carbonyl (C=O) groups excluding carboxylic acids is 1. The molecule has 0 atom stereocenters. The maximum Gasteiger partial charge on any atom is 0.344 e. The summed E-state index contributed by atoms with van der Waals surface area (Å²) in [6.45, 7) is 7.20. The predicted octanol–water partition coefficient (Wildman–Crippen LogP) is 2.86. The van der Waals surface area contributed by atoms with Crippen LogP contribution in [0.3, 0.4) is 0 Å². The van der Waals surface area contributed by atoms with Crippen LogP contribution < -0.4 is 24.7 Å². The van der Waals surface area contributed by atoms with Gasteiger partial charge in [-0.15, -0.1) is 0 Å². The van der Waals surface area contributed by atoms with E-state index in [-0.39, 0.29) is 12.7 Å². The van der Waals surface area contributed by atoms with E-state index in [9.17, 15) is 4.79 Å². The van der Waals surface area contributed by atoms with Gasteiger partial charge in [0.25, 0.3) is 0 Å². The van der Waals surface area contributed by atoms with Crippen LogP contribution in [0.25, 0.3) is 0 Å². The lowest BCUT2D eigenvalue weighted by atomic mass is 10.2. The van der Waals surface area contributed by atoms with Crippen molar-refractivity contribution in [2.24, 2.45) is 5.10 Å². The van der Waals surface area contributed by atoms with Gasteiger partial charge in [0.15, 0.2) is 18.1 Å². The number of hydrogen-bond donors (Lipinski definition) is 1. The Morgan fingerprint density at radius 3 is 2.23 bits per heavy atom. The van der Waals surface area contributed by atoms with Crippen molar-refractivity contribution < 1.29 is 19.0 Å². The molecule has 0 radical (unpaired) electrons. The molecule has 0 unspecified atom stereocenters. The first kappa shape index (κ1) is 24.5. The topological polar surface area (TPSA) is 114 Å². The minimum absolute atomic E-state index is 0.193. The number of hydrazone groups is 1. The second kappa shape index (κ2) is 11.7. The van der Waals surface area contributed by atoms with Crippen LogP contribution in [-0.4, -0.2) is 73.1 Å². The summed E-state index contributed by atoms with van der Waals surface area (Å²) in [5.74, 6) is 2.29. The zero-order chi connectivity index (χ0) is 24.6. The van der Waals surface area contributed by atoms with E-state index < -0.39 is 5.97 Å². The van der Waals surface area contributed by atoms with Gasteiger partial charge in [-0.3, -0.25) is 0 Å². The van der Waals surface area contributed by atoms with Crippen LogP contribution in [-0.2, 0) is 9.53 Å². The molecule has 2 saturated heterocycles. The average Bonchev–Trinajstić information content (AvgIpc) is 3.57. The third-order valence-electron chi connectivity index (χ3n) is 5.67. The Morgan fingerprint density at radius 2 is 1.66 bits per heavy atom. The molecule has 2 fully saturated rings. The van der Waals surface area contributed by atoms with Gasteiger partial charge < -0.3 is 24.0 Å². The Bertz CT molecular complexity index is 1000. The Morgan fingerprint density at radius 1 is 1.03 bits per heavy atom.